The SMILES string of the molecule is CCC(C)NC(C)c1nc2ccccc2s1. The van der Waals surface area contributed by atoms with Crippen LogP contribution in [-0.4, -0.2) is 11.0 Å². The number of nitrogens with one attached hydrogen (secondary N) is 1. The van der Waals surface area contributed by atoms with E-state index in [0.717, 1.165) is 11.9 Å². The summed E-state index contributed by atoms with van der Waals surface area (Å²) >= 11 is 1.78. The van der Waals surface area contributed by atoms with Crippen molar-refractivity contribution in [1.82, 2.24) is 10.3 Å². The first-order chi connectivity index (χ1) is 7.70. The Morgan fingerprint density at radius 1 is 1.31 bits per heavy atom. The van der Waals surface area contributed by atoms with Crippen LogP contribution in [0.4, 0.5) is 0 Å². The number of nitrogens with zero attached hydrogens (tertiary/aromatic N) is 1. The highest BCUT2D eigenvalue weighted by atomic mass is 32.1. The normalized spacial score (nSPS) is 15.2. The lowest BCUT2D eigenvalue weighted by Crippen LogP contribution is -2.28. The van der Waals surface area contributed by atoms with Crippen LogP contribution < -0.4 is 5.32 Å². The second kappa shape index (κ2) is 4.93. The molecular weight excluding hydrogens is 216 g/mol. The summed E-state index contributed by atoms with van der Waals surface area (Å²) in [5, 5.41) is 4.74. The highest BCUT2D eigenvalue weighted by Gasteiger charge is 2.12. The molecular formula is C13H18N2S. The van der Waals surface area contributed by atoms with Crippen molar-refractivity contribution in [2.75, 3.05) is 0 Å². The van der Waals surface area contributed by atoms with E-state index in [1.165, 1.54) is 9.71 Å². The molecule has 0 saturated heterocycles. The average Bonchev–Trinajstić information content (AvgIpc) is 2.72. The summed E-state index contributed by atoms with van der Waals surface area (Å²) in [5.74, 6) is 0. The van der Waals surface area contributed by atoms with E-state index in [1.54, 1.807) is 11.3 Å². The van der Waals surface area contributed by atoms with E-state index in [-0.39, 0.29) is 0 Å². The van der Waals surface area contributed by atoms with Gasteiger partial charge in [-0.2, -0.15) is 0 Å². The van der Waals surface area contributed by atoms with Crippen LogP contribution in [0.3, 0.4) is 0 Å². The lowest BCUT2D eigenvalue weighted by Gasteiger charge is -2.16. The molecule has 0 amide bonds. The van der Waals surface area contributed by atoms with Gasteiger partial charge in [0.15, 0.2) is 0 Å². The number of thiazole rings is 1. The minimum atomic E-state index is 0.340. The molecule has 1 N–H and O–H groups in total. The second-order valence-corrected chi connectivity index (χ2v) is 5.28. The van der Waals surface area contributed by atoms with Crippen LogP contribution in [0.15, 0.2) is 24.3 Å². The number of rotatable bonds is 4. The van der Waals surface area contributed by atoms with Crippen molar-refractivity contribution in [3.63, 3.8) is 0 Å². The van der Waals surface area contributed by atoms with Gasteiger partial charge in [-0.3, -0.25) is 0 Å². The van der Waals surface area contributed by atoms with Gasteiger partial charge in [0.1, 0.15) is 5.01 Å². The molecule has 2 aromatic rings. The molecule has 86 valence electrons. The highest BCUT2D eigenvalue weighted by molar-refractivity contribution is 7.18. The Morgan fingerprint density at radius 3 is 2.75 bits per heavy atom. The Morgan fingerprint density at radius 2 is 2.06 bits per heavy atom. The number of hydrogen-bond donors (Lipinski definition) is 1. The van der Waals surface area contributed by atoms with Crippen molar-refractivity contribution in [2.24, 2.45) is 0 Å². The molecule has 16 heavy (non-hydrogen) atoms. The zero-order chi connectivity index (χ0) is 11.5. The fourth-order valence-electron chi connectivity index (χ4n) is 1.69. The lowest BCUT2D eigenvalue weighted by atomic mass is 10.2. The number of aromatic nitrogens is 1. The zero-order valence-electron chi connectivity index (χ0n) is 10.0. The maximum atomic E-state index is 4.66. The van der Waals surface area contributed by atoms with Crippen molar-refractivity contribution in [1.29, 1.82) is 0 Å². The quantitative estimate of drug-likeness (QED) is 0.871. The van der Waals surface area contributed by atoms with Gasteiger partial charge in [0, 0.05) is 6.04 Å². The minimum absolute atomic E-state index is 0.340. The van der Waals surface area contributed by atoms with E-state index in [9.17, 15) is 0 Å². The minimum Gasteiger partial charge on any atom is -0.306 e. The fraction of sp³-hybridized carbons (Fsp3) is 0.462. The van der Waals surface area contributed by atoms with E-state index >= 15 is 0 Å². The Kier molecular flexibility index (Phi) is 3.56. The van der Waals surface area contributed by atoms with Gasteiger partial charge in [0.25, 0.3) is 0 Å². The smallest absolute Gasteiger partial charge is 0.111 e. The molecule has 1 heterocycles. The van der Waals surface area contributed by atoms with Gasteiger partial charge in [-0.25, -0.2) is 4.98 Å². The predicted octanol–water partition coefficient (Wildman–Crippen LogP) is 3.75. The standard InChI is InChI=1S/C13H18N2S/c1-4-9(2)14-10(3)13-15-11-7-5-6-8-12(11)16-13/h5-10,14H,4H2,1-3H3. The largest absolute Gasteiger partial charge is 0.306 e. The van der Waals surface area contributed by atoms with E-state index in [2.05, 4.69) is 49.3 Å². The molecule has 0 aliphatic heterocycles. The predicted molar refractivity (Wildman–Crippen MR) is 70.9 cm³/mol. The van der Waals surface area contributed by atoms with Gasteiger partial charge < -0.3 is 5.32 Å². The highest BCUT2D eigenvalue weighted by Crippen LogP contribution is 2.26. The van der Waals surface area contributed by atoms with Crippen LogP contribution in [0.2, 0.25) is 0 Å². The lowest BCUT2D eigenvalue weighted by molar-refractivity contribution is 0.468. The fourth-order valence-corrected chi connectivity index (χ4v) is 2.67. The van der Waals surface area contributed by atoms with Crippen LogP contribution in [0.25, 0.3) is 10.2 Å². The Hall–Kier alpha value is -0.930. The molecule has 0 spiro atoms. The summed E-state index contributed by atoms with van der Waals surface area (Å²) in [4.78, 5) is 4.66. The molecule has 3 heteroatoms. The number of fused-ring (bicyclic) bond motifs is 1. The maximum absolute atomic E-state index is 4.66. The van der Waals surface area contributed by atoms with Gasteiger partial charge in [0.05, 0.1) is 16.3 Å². The topological polar surface area (TPSA) is 24.9 Å². The molecule has 0 aliphatic carbocycles. The first-order valence-electron chi connectivity index (χ1n) is 5.82. The average molecular weight is 234 g/mol. The van der Waals surface area contributed by atoms with Crippen LogP contribution in [0.1, 0.15) is 38.2 Å². The molecule has 2 nitrogen and oxygen atoms in total. The zero-order valence-corrected chi connectivity index (χ0v) is 10.8. The van der Waals surface area contributed by atoms with Crippen LogP contribution in [0.5, 0.6) is 0 Å². The Balaban J connectivity index is 2.19. The summed E-state index contributed by atoms with van der Waals surface area (Å²) in [7, 11) is 0. The molecule has 0 saturated carbocycles. The van der Waals surface area contributed by atoms with E-state index < -0.39 is 0 Å². The number of hydrogen-bond acceptors (Lipinski definition) is 3. The number of benzene rings is 1. The first kappa shape index (κ1) is 11.6. The summed E-state index contributed by atoms with van der Waals surface area (Å²) in [6.45, 7) is 6.59. The molecule has 0 bridgehead atoms. The summed E-state index contributed by atoms with van der Waals surface area (Å²) in [5.41, 5.74) is 1.11. The molecule has 2 unspecified atom stereocenters. The maximum Gasteiger partial charge on any atom is 0.111 e. The van der Waals surface area contributed by atoms with Crippen LogP contribution in [0, 0.1) is 0 Å². The van der Waals surface area contributed by atoms with Crippen molar-refractivity contribution in [3.8, 4) is 0 Å². The van der Waals surface area contributed by atoms with Gasteiger partial charge >= 0.3 is 0 Å². The summed E-state index contributed by atoms with van der Waals surface area (Å²) in [6, 6.07) is 9.20. The Labute approximate surface area is 101 Å². The summed E-state index contributed by atoms with van der Waals surface area (Å²) in [6.07, 6.45) is 1.15. The molecule has 0 aliphatic rings. The first-order valence-corrected chi connectivity index (χ1v) is 6.64. The van der Waals surface area contributed by atoms with Gasteiger partial charge in [-0.15, -0.1) is 11.3 Å². The third kappa shape index (κ3) is 2.42. The van der Waals surface area contributed by atoms with Crippen LogP contribution in [-0.2, 0) is 0 Å². The van der Waals surface area contributed by atoms with Crippen molar-refractivity contribution in [2.45, 2.75) is 39.3 Å². The van der Waals surface area contributed by atoms with Gasteiger partial charge in [-0.1, -0.05) is 19.1 Å². The number of para-hydroxylation sites is 1. The van der Waals surface area contributed by atoms with Gasteiger partial charge in [-0.05, 0) is 32.4 Å². The molecule has 2 rings (SSSR count). The van der Waals surface area contributed by atoms with Crippen molar-refractivity contribution >= 4 is 21.6 Å². The van der Waals surface area contributed by atoms with Crippen LogP contribution >= 0.6 is 11.3 Å². The summed E-state index contributed by atoms with van der Waals surface area (Å²) < 4.78 is 1.27. The molecule has 0 radical (unpaired) electrons. The molecule has 0 fully saturated rings. The molecule has 2 atom stereocenters. The van der Waals surface area contributed by atoms with E-state index in [1.807, 2.05) is 6.07 Å². The third-order valence-electron chi connectivity index (χ3n) is 2.83. The molecule has 1 aromatic carbocycles. The van der Waals surface area contributed by atoms with Crippen molar-refractivity contribution in [3.05, 3.63) is 29.3 Å². The van der Waals surface area contributed by atoms with E-state index in [4.69, 9.17) is 0 Å². The Bertz CT molecular complexity index is 431. The third-order valence-corrected chi connectivity index (χ3v) is 4.05. The monoisotopic (exact) mass is 234 g/mol. The van der Waals surface area contributed by atoms with Gasteiger partial charge in [0.2, 0.25) is 0 Å². The second-order valence-electron chi connectivity index (χ2n) is 4.22. The molecule has 1 aromatic heterocycles. The van der Waals surface area contributed by atoms with Crippen molar-refractivity contribution < 1.29 is 0 Å². The van der Waals surface area contributed by atoms with E-state index in [0.29, 0.717) is 12.1 Å².